The van der Waals surface area contributed by atoms with E-state index in [0.29, 0.717) is 0 Å². The Bertz CT molecular complexity index is 338. The minimum atomic E-state index is 0.00167. The maximum absolute atomic E-state index is 4.04. The molecule has 0 radical (unpaired) electrons. The Kier molecular flexibility index (Phi) is 3.45. The average Bonchev–Trinajstić information content (AvgIpc) is 2.40. The molecule has 1 aliphatic rings. The molecular weight excluding hydrogens is 194 g/mol. The van der Waals surface area contributed by atoms with E-state index in [0.717, 1.165) is 0 Å². The van der Waals surface area contributed by atoms with Gasteiger partial charge >= 0.3 is 0 Å². The fourth-order valence-electron chi connectivity index (χ4n) is 2.56. The second kappa shape index (κ2) is 4.84. The van der Waals surface area contributed by atoms with Crippen LogP contribution in [0.2, 0.25) is 0 Å². The fourth-order valence-corrected chi connectivity index (χ4v) is 2.56. The molecule has 0 saturated carbocycles. The van der Waals surface area contributed by atoms with E-state index in [-0.39, 0.29) is 5.54 Å². The largest absolute Gasteiger partial charge is 0.291 e. The van der Waals surface area contributed by atoms with Crippen LogP contribution in [-0.4, -0.2) is 18.0 Å². The van der Waals surface area contributed by atoms with Crippen molar-refractivity contribution in [2.45, 2.75) is 31.7 Å². The van der Waals surface area contributed by atoms with E-state index in [4.69, 9.17) is 0 Å². The average molecular weight is 215 g/mol. The van der Waals surface area contributed by atoms with E-state index in [1.54, 1.807) is 0 Å². The first-order valence-electron chi connectivity index (χ1n) is 6.21. The summed E-state index contributed by atoms with van der Waals surface area (Å²) in [5, 5.41) is 0. The van der Waals surface area contributed by atoms with Crippen LogP contribution in [0.15, 0.2) is 43.0 Å². The van der Waals surface area contributed by atoms with Crippen molar-refractivity contribution in [1.82, 2.24) is 4.90 Å². The Labute approximate surface area is 98.8 Å². The van der Waals surface area contributed by atoms with E-state index >= 15 is 0 Å². The number of hydrogen-bond donors (Lipinski definition) is 0. The van der Waals surface area contributed by atoms with E-state index in [2.05, 4.69) is 54.8 Å². The van der Waals surface area contributed by atoms with E-state index in [1.165, 1.54) is 37.9 Å². The predicted octanol–water partition coefficient (Wildman–Crippen LogP) is 3.57. The molecule has 16 heavy (non-hydrogen) atoms. The van der Waals surface area contributed by atoms with Crippen molar-refractivity contribution >= 4 is 0 Å². The van der Waals surface area contributed by atoms with Crippen molar-refractivity contribution in [2.24, 2.45) is 0 Å². The molecule has 0 N–H and O–H groups in total. The lowest BCUT2D eigenvalue weighted by Gasteiger charge is -2.42. The number of benzene rings is 1. The third-order valence-corrected chi connectivity index (χ3v) is 3.77. The molecule has 1 unspecified atom stereocenters. The molecule has 1 aliphatic heterocycles. The Morgan fingerprint density at radius 1 is 1.12 bits per heavy atom. The van der Waals surface area contributed by atoms with Crippen LogP contribution in [0.4, 0.5) is 0 Å². The van der Waals surface area contributed by atoms with Crippen LogP contribution in [0.3, 0.4) is 0 Å². The molecule has 1 saturated heterocycles. The highest BCUT2D eigenvalue weighted by molar-refractivity contribution is 5.28. The fraction of sp³-hybridized carbons (Fsp3) is 0.467. The van der Waals surface area contributed by atoms with Gasteiger partial charge in [-0.15, -0.1) is 6.58 Å². The number of piperidine rings is 1. The molecule has 0 aliphatic carbocycles. The minimum Gasteiger partial charge on any atom is -0.291 e. The van der Waals surface area contributed by atoms with Crippen LogP contribution < -0.4 is 0 Å². The number of hydrogen-bond acceptors (Lipinski definition) is 1. The topological polar surface area (TPSA) is 3.24 Å². The molecule has 1 heteroatoms. The van der Waals surface area contributed by atoms with Crippen LogP contribution in [0, 0.1) is 0 Å². The van der Waals surface area contributed by atoms with Gasteiger partial charge in [0.1, 0.15) is 0 Å². The summed E-state index contributed by atoms with van der Waals surface area (Å²) in [4.78, 5) is 2.55. The zero-order chi connectivity index (χ0) is 11.4. The van der Waals surface area contributed by atoms with Gasteiger partial charge in [-0.1, -0.05) is 42.8 Å². The third kappa shape index (κ3) is 2.05. The van der Waals surface area contributed by atoms with Crippen LogP contribution in [0.5, 0.6) is 0 Å². The lowest BCUT2D eigenvalue weighted by atomic mass is 9.88. The van der Waals surface area contributed by atoms with Crippen molar-refractivity contribution in [3.8, 4) is 0 Å². The van der Waals surface area contributed by atoms with Crippen LogP contribution in [-0.2, 0) is 5.54 Å². The first-order valence-corrected chi connectivity index (χ1v) is 6.21. The highest BCUT2D eigenvalue weighted by Crippen LogP contribution is 2.31. The van der Waals surface area contributed by atoms with Crippen molar-refractivity contribution in [1.29, 1.82) is 0 Å². The van der Waals surface area contributed by atoms with Crippen molar-refractivity contribution in [2.75, 3.05) is 13.1 Å². The Balaban J connectivity index is 2.27. The molecule has 2 rings (SSSR count). The van der Waals surface area contributed by atoms with Crippen LogP contribution in [0.1, 0.15) is 31.7 Å². The molecule has 1 atom stereocenters. The highest BCUT2D eigenvalue weighted by atomic mass is 15.2. The summed E-state index contributed by atoms with van der Waals surface area (Å²) in [6.45, 7) is 8.70. The van der Waals surface area contributed by atoms with Crippen molar-refractivity contribution < 1.29 is 0 Å². The van der Waals surface area contributed by atoms with Crippen LogP contribution >= 0.6 is 0 Å². The molecule has 86 valence electrons. The van der Waals surface area contributed by atoms with Gasteiger partial charge in [0.25, 0.3) is 0 Å². The van der Waals surface area contributed by atoms with Gasteiger partial charge < -0.3 is 0 Å². The Morgan fingerprint density at radius 2 is 1.75 bits per heavy atom. The molecule has 1 aromatic rings. The standard InChI is InChI=1S/C15H21N/c1-3-15(2,14-10-6-4-7-11-14)16-12-8-5-9-13-16/h3-4,6-7,10-11H,1,5,8-9,12-13H2,2H3. The molecule has 1 aromatic carbocycles. The van der Waals surface area contributed by atoms with Crippen molar-refractivity contribution in [3.63, 3.8) is 0 Å². The third-order valence-electron chi connectivity index (χ3n) is 3.77. The molecular formula is C15H21N. The number of likely N-dealkylation sites (tertiary alicyclic amines) is 1. The van der Waals surface area contributed by atoms with Gasteiger partial charge in [0.15, 0.2) is 0 Å². The summed E-state index contributed by atoms with van der Waals surface area (Å²) >= 11 is 0. The minimum absolute atomic E-state index is 0.00167. The molecule has 1 heterocycles. The van der Waals surface area contributed by atoms with Gasteiger partial charge in [-0.2, -0.15) is 0 Å². The number of rotatable bonds is 3. The monoisotopic (exact) mass is 215 g/mol. The summed E-state index contributed by atoms with van der Waals surface area (Å²) < 4.78 is 0. The molecule has 1 nitrogen and oxygen atoms in total. The Hall–Kier alpha value is -1.08. The molecule has 0 aromatic heterocycles. The highest BCUT2D eigenvalue weighted by Gasteiger charge is 2.30. The van der Waals surface area contributed by atoms with Gasteiger partial charge in [0.05, 0.1) is 5.54 Å². The quantitative estimate of drug-likeness (QED) is 0.697. The molecule has 0 bridgehead atoms. The normalized spacial score (nSPS) is 21.3. The summed E-state index contributed by atoms with van der Waals surface area (Å²) in [7, 11) is 0. The summed E-state index contributed by atoms with van der Waals surface area (Å²) in [5.74, 6) is 0. The predicted molar refractivity (Wildman–Crippen MR) is 69.4 cm³/mol. The molecule has 1 fully saturated rings. The van der Waals surface area contributed by atoms with E-state index < -0.39 is 0 Å². The maximum atomic E-state index is 4.04. The zero-order valence-corrected chi connectivity index (χ0v) is 10.2. The van der Waals surface area contributed by atoms with Gasteiger partial charge in [-0.05, 0) is 38.4 Å². The first-order chi connectivity index (χ1) is 7.77. The maximum Gasteiger partial charge on any atom is 0.0614 e. The van der Waals surface area contributed by atoms with E-state index in [9.17, 15) is 0 Å². The number of nitrogens with zero attached hydrogens (tertiary/aromatic N) is 1. The lowest BCUT2D eigenvalue weighted by molar-refractivity contribution is 0.118. The summed E-state index contributed by atoms with van der Waals surface area (Å²) in [5.41, 5.74) is 1.36. The van der Waals surface area contributed by atoms with E-state index in [1.807, 2.05) is 0 Å². The lowest BCUT2D eigenvalue weighted by Crippen LogP contribution is -2.45. The second-order valence-corrected chi connectivity index (χ2v) is 4.77. The smallest absolute Gasteiger partial charge is 0.0614 e. The SMILES string of the molecule is C=CC(C)(c1ccccc1)N1CCCCC1. The van der Waals surface area contributed by atoms with Crippen LogP contribution in [0.25, 0.3) is 0 Å². The van der Waals surface area contributed by atoms with Gasteiger partial charge in [-0.25, -0.2) is 0 Å². The van der Waals surface area contributed by atoms with Gasteiger partial charge in [0, 0.05) is 0 Å². The molecule has 0 spiro atoms. The summed E-state index contributed by atoms with van der Waals surface area (Å²) in [6.07, 6.45) is 6.10. The van der Waals surface area contributed by atoms with Crippen molar-refractivity contribution in [3.05, 3.63) is 48.6 Å². The summed E-state index contributed by atoms with van der Waals surface area (Å²) in [6, 6.07) is 10.7. The van der Waals surface area contributed by atoms with Gasteiger partial charge in [0.2, 0.25) is 0 Å². The second-order valence-electron chi connectivity index (χ2n) is 4.77. The van der Waals surface area contributed by atoms with Gasteiger partial charge in [-0.3, -0.25) is 4.90 Å². The zero-order valence-electron chi connectivity index (χ0n) is 10.2. The molecule has 0 amide bonds. The first kappa shape index (κ1) is 11.4. The Morgan fingerprint density at radius 3 is 2.31 bits per heavy atom.